The molecule has 3 aliphatic heterocycles. The first kappa shape index (κ1) is 29.5. The highest BCUT2D eigenvalue weighted by Gasteiger charge is 2.69. The van der Waals surface area contributed by atoms with Gasteiger partial charge >= 0.3 is 39.0 Å². The van der Waals surface area contributed by atoms with Gasteiger partial charge in [-0.3, -0.25) is 0 Å². The predicted octanol–water partition coefficient (Wildman–Crippen LogP) is 4.70. The molecule has 3 fully saturated rings. The monoisotopic (exact) mass is 572 g/mol. The van der Waals surface area contributed by atoms with E-state index in [1.165, 1.54) is 0 Å². The maximum atomic E-state index is 7.06. The lowest BCUT2D eigenvalue weighted by Gasteiger charge is -2.54. The molecule has 6 rings (SSSR count). The molecular formula is C29H39B3O6Si2. The zero-order valence-corrected chi connectivity index (χ0v) is 27.1. The largest absolute Gasteiger partial charge is 0.478 e. The topological polar surface area (TPSA) is 55.4 Å². The first-order chi connectivity index (χ1) is 18.7. The van der Waals surface area contributed by atoms with Crippen LogP contribution in [-0.2, 0) is 26.1 Å². The third kappa shape index (κ3) is 5.71. The van der Waals surface area contributed by atoms with Crippen molar-refractivity contribution in [2.45, 2.75) is 72.4 Å². The summed E-state index contributed by atoms with van der Waals surface area (Å²) in [5, 5.41) is -1.09. The van der Waals surface area contributed by atoms with Crippen LogP contribution in [0.25, 0.3) is 0 Å². The lowest BCUT2D eigenvalue weighted by atomic mass is 9.80. The Balaban J connectivity index is 1.72. The molecule has 0 spiro atoms. The molecule has 0 unspecified atom stereocenters. The van der Waals surface area contributed by atoms with Gasteiger partial charge < -0.3 is 26.1 Å². The Morgan fingerprint density at radius 2 is 0.600 bits per heavy atom. The Bertz CT molecular complexity index is 1150. The van der Waals surface area contributed by atoms with Gasteiger partial charge in [0.2, 0.25) is 0 Å². The van der Waals surface area contributed by atoms with Crippen LogP contribution < -0.4 is 16.4 Å². The number of hydrogen-bond donors (Lipinski definition) is 0. The Kier molecular flexibility index (Phi) is 7.91. The second kappa shape index (κ2) is 10.7. The Hall–Kier alpha value is -1.95. The molecule has 0 N–H and O–H groups in total. The smallest absolute Gasteiger partial charge is 0.409 e. The van der Waals surface area contributed by atoms with Crippen molar-refractivity contribution >= 4 is 55.4 Å². The quantitative estimate of drug-likeness (QED) is 0.425. The van der Waals surface area contributed by atoms with Crippen LogP contribution in [0.1, 0.15) is 58.2 Å². The minimum Gasteiger partial charge on any atom is -0.409 e. The summed E-state index contributed by atoms with van der Waals surface area (Å²) < 4.78 is 42.4. The van der Waals surface area contributed by atoms with Gasteiger partial charge in [0.25, 0.3) is 0 Å². The number of benzene rings is 3. The van der Waals surface area contributed by atoms with Gasteiger partial charge in [-0.15, -0.1) is 0 Å². The van der Waals surface area contributed by atoms with Gasteiger partial charge in [-0.25, -0.2) is 0 Å². The fraction of sp³-hybridized carbons (Fsp3) is 0.379. The lowest BCUT2D eigenvalue weighted by Crippen LogP contribution is -2.77. The van der Waals surface area contributed by atoms with Crippen LogP contribution in [0.2, 0.25) is 10.1 Å². The summed E-state index contributed by atoms with van der Waals surface area (Å²) in [5.41, 5.74) is 6.07. The second-order valence-electron chi connectivity index (χ2n) is 13.0. The van der Waals surface area contributed by atoms with Crippen molar-refractivity contribution in [3.8, 4) is 0 Å². The van der Waals surface area contributed by atoms with Crippen molar-refractivity contribution in [3.63, 3.8) is 0 Å². The van der Waals surface area contributed by atoms with E-state index in [0.29, 0.717) is 0 Å². The summed E-state index contributed by atoms with van der Waals surface area (Å²) >= 11 is 0. The maximum Gasteiger partial charge on any atom is 0.478 e. The molecule has 11 heteroatoms. The van der Waals surface area contributed by atoms with Crippen molar-refractivity contribution in [2.75, 3.05) is 0 Å². The van der Waals surface area contributed by atoms with E-state index in [9.17, 15) is 0 Å². The summed E-state index contributed by atoms with van der Waals surface area (Å²) in [5.74, 6) is 0. The van der Waals surface area contributed by atoms with Gasteiger partial charge in [-0.1, -0.05) is 131 Å². The fourth-order valence-electron chi connectivity index (χ4n) is 4.72. The minimum atomic E-state index is -3.65. The molecule has 2 bridgehead atoms. The van der Waals surface area contributed by atoms with E-state index < -0.39 is 49.0 Å². The fourth-order valence-corrected chi connectivity index (χ4v) is 10.3. The molecule has 3 aliphatic rings. The van der Waals surface area contributed by atoms with Crippen LogP contribution >= 0.6 is 0 Å². The van der Waals surface area contributed by atoms with Gasteiger partial charge in [-0.2, -0.15) is 0 Å². The maximum absolute atomic E-state index is 7.06. The molecule has 0 atom stereocenters. The molecule has 3 saturated heterocycles. The zero-order chi connectivity index (χ0) is 28.9. The molecule has 0 amide bonds. The number of aryl methyl sites for hydroxylation is 3. The highest BCUT2D eigenvalue weighted by atomic mass is 28.4. The van der Waals surface area contributed by atoms with E-state index in [-0.39, 0.29) is 0 Å². The second-order valence-corrected chi connectivity index (χ2v) is 19.7. The summed E-state index contributed by atoms with van der Waals surface area (Å²) in [6, 6.07) is 24.5. The number of rotatable bonds is 3. The predicted molar refractivity (Wildman–Crippen MR) is 167 cm³/mol. The van der Waals surface area contributed by atoms with E-state index in [0.717, 1.165) is 33.1 Å². The van der Waals surface area contributed by atoms with Crippen molar-refractivity contribution in [1.82, 2.24) is 0 Å². The molecule has 0 saturated carbocycles. The standard InChI is InChI=1S/C29H39B3O6Si2/c1-22-10-16-25(17-11-22)30-33-39(28(4,5)6)35-31(26-18-12-23(2)13-19-26)36-40(34-30,29(7,8)9)38-32(37-39)27-20-14-24(3)15-21-27/h10-21H,1-9H3. The average molecular weight is 572 g/mol. The summed E-state index contributed by atoms with van der Waals surface area (Å²) in [7, 11) is -9.65. The minimum absolute atomic E-state index is 0.543. The van der Waals surface area contributed by atoms with Crippen LogP contribution in [0, 0.1) is 20.8 Å². The number of hydrogen-bond acceptors (Lipinski definition) is 6. The van der Waals surface area contributed by atoms with Gasteiger partial charge in [0.15, 0.2) is 0 Å². The lowest BCUT2D eigenvalue weighted by molar-refractivity contribution is 0.104. The van der Waals surface area contributed by atoms with E-state index in [1.807, 2.05) is 36.4 Å². The molecule has 0 radical (unpaired) electrons. The molecule has 0 aliphatic carbocycles. The van der Waals surface area contributed by atoms with Crippen LogP contribution in [0.15, 0.2) is 72.8 Å². The first-order valence-corrected chi connectivity index (χ1v) is 17.4. The zero-order valence-electron chi connectivity index (χ0n) is 25.1. The van der Waals surface area contributed by atoms with Crippen molar-refractivity contribution in [3.05, 3.63) is 89.5 Å². The Labute approximate surface area is 242 Å². The molecule has 3 aromatic carbocycles. The van der Waals surface area contributed by atoms with Gasteiger partial charge in [-0.05, 0) is 37.2 Å². The molecule has 3 heterocycles. The van der Waals surface area contributed by atoms with Crippen molar-refractivity contribution in [1.29, 1.82) is 0 Å². The third-order valence-corrected chi connectivity index (χ3v) is 14.3. The Morgan fingerprint density at radius 3 is 0.775 bits per heavy atom. The highest BCUT2D eigenvalue weighted by Crippen LogP contribution is 2.47. The van der Waals surface area contributed by atoms with E-state index in [2.05, 4.69) is 98.7 Å². The van der Waals surface area contributed by atoms with Crippen molar-refractivity contribution < 1.29 is 26.1 Å². The van der Waals surface area contributed by atoms with Gasteiger partial charge in [0.1, 0.15) is 0 Å². The molecular weight excluding hydrogens is 533 g/mol. The molecule has 6 nitrogen and oxygen atoms in total. The van der Waals surface area contributed by atoms with Gasteiger partial charge in [0.05, 0.1) is 0 Å². The third-order valence-electron chi connectivity index (χ3n) is 7.46. The van der Waals surface area contributed by atoms with Crippen LogP contribution in [0.3, 0.4) is 0 Å². The molecule has 0 aromatic heterocycles. The molecule has 3 aromatic rings. The van der Waals surface area contributed by atoms with Crippen LogP contribution in [0.5, 0.6) is 0 Å². The van der Waals surface area contributed by atoms with Crippen LogP contribution in [-0.4, -0.2) is 39.0 Å². The van der Waals surface area contributed by atoms with E-state index in [4.69, 9.17) is 26.1 Å². The Morgan fingerprint density at radius 1 is 0.400 bits per heavy atom. The van der Waals surface area contributed by atoms with E-state index in [1.54, 1.807) is 0 Å². The molecule has 208 valence electrons. The normalized spacial score (nSPS) is 24.1. The first-order valence-electron chi connectivity index (χ1n) is 14.0. The summed E-state index contributed by atoms with van der Waals surface area (Å²) in [6.07, 6.45) is 0. The highest BCUT2D eigenvalue weighted by molar-refractivity contribution is 6.95. The average Bonchev–Trinajstić information content (AvgIpc) is 2.84. The summed E-state index contributed by atoms with van der Waals surface area (Å²) in [6.45, 7) is 18.7. The SMILES string of the molecule is Cc1ccc(B2O[Si]3(C(C)(C)C)OB(c4ccc(C)cc4)O[Si](C(C)(C)C)(O2)OB(c2ccc(C)cc2)O3)cc1. The number of fused-ring (bicyclic) bond motifs is 6. The summed E-state index contributed by atoms with van der Waals surface area (Å²) in [4.78, 5) is 0. The molecule has 40 heavy (non-hydrogen) atoms. The van der Waals surface area contributed by atoms with Crippen molar-refractivity contribution in [2.24, 2.45) is 0 Å². The van der Waals surface area contributed by atoms with E-state index >= 15 is 0 Å². The van der Waals surface area contributed by atoms with Gasteiger partial charge in [0, 0.05) is 10.1 Å². The van der Waals surface area contributed by atoms with Crippen LogP contribution in [0.4, 0.5) is 0 Å².